The van der Waals surface area contributed by atoms with E-state index >= 15 is 0 Å². The SMILES string of the molecule is Cn1cc(-c2cccc(-c3ncc(-c4cnn([C@H]5CCC[C@@H](S(C)(=O)=O)C5)c4)cn3)c2)cn1. The van der Waals surface area contributed by atoms with Gasteiger partial charge in [-0.2, -0.15) is 10.2 Å². The van der Waals surface area contributed by atoms with Gasteiger partial charge < -0.3 is 0 Å². The zero-order valence-electron chi connectivity index (χ0n) is 18.7. The third-order valence-electron chi connectivity index (χ3n) is 6.32. The van der Waals surface area contributed by atoms with Crippen LogP contribution in [0.3, 0.4) is 0 Å². The number of rotatable bonds is 5. The van der Waals surface area contributed by atoms with E-state index in [1.165, 1.54) is 6.26 Å². The van der Waals surface area contributed by atoms with Crippen LogP contribution in [0, 0.1) is 0 Å². The predicted molar refractivity (Wildman–Crippen MR) is 127 cm³/mol. The molecule has 0 spiro atoms. The average Bonchev–Trinajstić information content (AvgIpc) is 3.49. The smallest absolute Gasteiger partial charge is 0.159 e. The number of benzene rings is 1. The van der Waals surface area contributed by atoms with Gasteiger partial charge in [-0.05, 0) is 30.9 Å². The molecule has 170 valence electrons. The maximum Gasteiger partial charge on any atom is 0.159 e. The summed E-state index contributed by atoms with van der Waals surface area (Å²) in [5.74, 6) is 0.653. The molecule has 5 rings (SSSR count). The zero-order chi connectivity index (χ0) is 23.0. The molecule has 2 atom stereocenters. The van der Waals surface area contributed by atoms with Crippen molar-refractivity contribution in [1.82, 2.24) is 29.5 Å². The molecule has 1 aliphatic rings. The molecule has 0 amide bonds. The third-order valence-corrected chi connectivity index (χ3v) is 7.96. The quantitative estimate of drug-likeness (QED) is 0.446. The summed E-state index contributed by atoms with van der Waals surface area (Å²) in [6, 6.07) is 8.19. The van der Waals surface area contributed by atoms with E-state index in [9.17, 15) is 8.42 Å². The summed E-state index contributed by atoms with van der Waals surface area (Å²) in [7, 11) is -1.13. The lowest BCUT2D eigenvalue weighted by Gasteiger charge is -2.28. The lowest BCUT2D eigenvalue weighted by molar-refractivity contribution is 0.329. The molecule has 3 heterocycles. The second-order valence-corrected chi connectivity index (χ2v) is 11.1. The fourth-order valence-electron chi connectivity index (χ4n) is 4.47. The van der Waals surface area contributed by atoms with Crippen molar-refractivity contribution in [2.24, 2.45) is 7.05 Å². The van der Waals surface area contributed by atoms with Gasteiger partial charge in [-0.25, -0.2) is 18.4 Å². The molecule has 0 N–H and O–H groups in total. The van der Waals surface area contributed by atoms with Crippen LogP contribution in [0.4, 0.5) is 0 Å². The van der Waals surface area contributed by atoms with E-state index in [2.05, 4.69) is 26.2 Å². The first-order valence-corrected chi connectivity index (χ1v) is 13.0. The van der Waals surface area contributed by atoms with Crippen molar-refractivity contribution in [1.29, 1.82) is 0 Å². The van der Waals surface area contributed by atoms with E-state index in [1.807, 2.05) is 48.5 Å². The number of aryl methyl sites for hydroxylation is 1. The summed E-state index contributed by atoms with van der Waals surface area (Å²) < 4.78 is 27.7. The number of hydrogen-bond acceptors (Lipinski definition) is 6. The van der Waals surface area contributed by atoms with Crippen LogP contribution >= 0.6 is 0 Å². The lowest BCUT2D eigenvalue weighted by atomic mass is 9.95. The normalized spacial score (nSPS) is 19.0. The average molecular weight is 463 g/mol. The Hall–Kier alpha value is -3.33. The van der Waals surface area contributed by atoms with Crippen molar-refractivity contribution >= 4 is 9.84 Å². The standard InChI is InChI=1S/C24H26N6O2S/c1-29-15-20(13-27-29)17-5-3-6-18(9-17)24-25-11-19(12-26-24)21-14-28-30(16-21)22-7-4-8-23(10-22)33(2,31)32/h3,5-6,9,11-16,22-23H,4,7-8,10H2,1-2H3/t22-,23+/m0/s1. The molecule has 9 heteroatoms. The van der Waals surface area contributed by atoms with Crippen LogP contribution in [0.2, 0.25) is 0 Å². The Morgan fingerprint density at radius 3 is 2.33 bits per heavy atom. The van der Waals surface area contributed by atoms with Crippen LogP contribution in [-0.4, -0.2) is 49.5 Å². The van der Waals surface area contributed by atoms with Crippen molar-refractivity contribution in [3.8, 4) is 33.6 Å². The summed E-state index contributed by atoms with van der Waals surface area (Å²) in [4.78, 5) is 9.17. The molecule has 1 saturated carbocycles. The topological polar surface area (TPSA) is 95.6 Å². The van der Waals surface area contributed by atoms with Gasteiger partial charge in [0.05, 0.1) is 23.7 Å². The van der Waals surface area contributed by atoms with Crippen LogP contribution in [-0.2, 0) is 16.9 Å². The first kappa shape index (κ1) is 21.5. The highest BCUT2D eigenvalue weighted by Gasteiger charge is 2.30. The highest BCUT2D eigenvalue weighted by molar-refractivity contribution is 7.91. The minimum Gasteiger partial charge on any atom is -0.275 e. The molecule has 1 aliphatic carbocycles. The fraction of sp³-hybridized carbons (Fsp3) is 0.333. The molecule has 0 saturated heterocycles. The maximum atomic E-state index is 12.0. The molecule has 0 bridgehead atoms. The molecular formula is C24H26N6O2S. The molecule has 0 unspecified atom stereocenters. The van der Waals surface area contributed by atoms with Gasteiger partial charge in [0.1, 0.15) is 9.84 Å². The maximum absolute atomic E-state index is 12.0. The molecule has 0 aliphatic heterocycles. The zero-order valence-corrected chi connectivity index (χ0v) is 19.5. The monoisotopic (exact) mass is 462 g/mol. The van der Waals surface area contributed by atoms with Gasteiger partial charge in [0.15, 0.2) is 5.82 Å². The minimum absolute atomic E-state index is 0.0997. The van der Waals surface area contributed by atoms with Crippen LogP contribution in [0.25, 0.3) is 33.6 Å². The molecular weight excluding hydrogens is 436 g/mol. The van der Waals surface area contributed by atoms with Gasteiger partial charge in [0.2, 0.25) is 0 Å². The van der Waals surface area contributed by atoms with Crippen molar-refractivity contribution in [2.75, 3.05) is 6.26 Å². The Labute approximate surface area is 193 Å². The number of nitrogens with zero attached hydrogens (tertiary/aromatic N) is 6. The van der Waals surface area contributed by atoms with E-state index < -0.39 is 9.84 Å². The number of hydrogen-bond donors (Lipinski definition) is 0. The molecule has 33 heavy (non-hydrogen) atoms. The summed E-state index contributed by atoms with van der Waals surface area (Å²) in [6.45, 7) is 0. The van der Waals surface area contributed by atoms with Gasteiger partial charge in [-0.3, -0.25) is 9.36 Å². The second-order valence-electron chi connectivity index (χ2n) is 8.76. The molecule has 1 aromatic carbocycles. The minimum atomic E-state index is -3.03. The Kier molecular flexibility index (Phi) is 5.57. The van der Waals surface area contributed by atoms with Crippen LogP contribution < -0.4 is 0 Å². The highest BCUT2D eigenvalue weighted by atomic mass is 32.2. The molecule has 3 aromatic heterocycles. The van der Waals surface area contributed by atoms with Gasteiger partial charge in [0, 0.05) is 60.3 Å². The first-order valence-electron chi connectivity index (χ1n) is 11.0. The third kappa shape index (κ3) is 4.59. The summed E-state index contributed by atoms with van der Waals surface area (Å²) >= 11 is 0. The number of aromatic nitrogens is 6. The Bertz CT molecular complexity index is 1370. The molecule has 1 fully saturated rings. The molecule has 4 aromatic rings. The van der Waals surface area contributed by atoms with Crippen molar-refractivity contribution in [3.05, 3.63) is 61.4 Å². The Morgan fingerprint density at radius 2 is 1.61 bits per heavy atom. The van der Waals surface area contributed by atoms with Crippen molar-refractivity contribution in [2.45, 2.75) is 37.0 Å². The molecule has 8 nitrogen and oxygen atoms in total. The van der Waals surface area contributed by atoms with Gasteiger partial charge in [0.25, 0.3) is 0 Å². The van der Waals surface area contributed by atoms with E-state index in [-0.39, 0.29) is 11.3 Å². The van der Waals surface area contributed by atoms with E-state index in [0.29, 0.717) is 12.2 Å². The highest BCUT2D eigenvalue weighted by Crippen LogP contribution is 2.33. The van der Waals surface area contributed by atoms with E-state index in [0.717, 1.165) is 47.1 Å². The predicted octanol–water partition coefficient (Wildman–Crippen LogP) is 3.94. The summed E-state index contributed by atoms with van der Waals surface area (Å²) in [5.41, 5.74) is 4.85. The van der Waals surface area contributed by atoms with Crippen LogP contribution in [0.5, 0.6) is 0 Å². The van der Waals surface area contributed by atoms with Gasteiger partial charge >= 0.3 is 0 Å². The number of sulfone groups is 1. The molecule has 0 radical (unpaired) electrons. The van der Waals surface area contributed by atoms with E-state index in [4.69, 9.17) is 0 Å². The summed E-state index contributed by atoms with van der Waals surface area (Å²) in [5, 5.41) is 8.48. The second kappa shape index (κ2) is 8.55. The lowest BCUT2D eigenvalue weighted by Crippen LogP contribution is -2.29. The first-order chi connectivity index (χ1) is 15.9. The van der Waals surface area contributed by atoms with Crippen molar-refractivity contribution < 1.29 is 8.42 Å². The fourth-order valence-corrected chi connectivity index (χ4v) is 5.64. The van der Waals surface area contributed by atoms with Crippen LogP contribution in [0.1, 0.15) is 31.7 Å². The van der Waals surface area contributed by atoms with Gasteiger partial charge in [-0.1, -0.05) is 24.6 Å². The summed E-state index contributed by atoms with van der Waals surface area (Å²) in [6.07, 6.45) is 15.7. The van der Waals surface area contributed by atoms with E-state index in [1.54, 1.807) is 23.3 Å². The van der Waals surface area contributed by atoms with Gasteiger partial charge in [-0.15, -0.1) is 0 Å². The Balaban J connectivity index is 1.34. The Morgan fingerprint density at radius 1 is 0.879 bits per heavy atom. The van der Waals surface area contributed by atoms with Crippen molar-refractivity contribution in [3.63, 3.8) is 0 Å². The van der Waals surface area contributed by atoms with Crippen LogP contribution in [0.15, 0.2) is 61.4 Å². The largest absolute Gasteiger partial charge is 0.275 e.